The Morgan fingerprint density at radius 3 is 2.93 bits per heavy atom. The van der Waals surface area contributed by atoms with Gasteiger partial charge in [0.1, 0.15) is 11.3 Å². The van der Waals surface area contributed by atoms with Crippen molar-refractivity contribution in [1.29, 1.82) is 0 Å². The van der Waals surface area contributed by atoms with Crippen molar-refractivity contribution >= 4 is 22.6 Å². The van der Waals surface area contributed by atoms with Crippen LogP contribution in [0.15, 0.2) is 18.2 Å². The lowest BCUT2D eigenvalue weighted by Crippen LogP contribution is -1.94. The monoisotopic (exact) mass is 206 g/mol. The Bertz CT molecular complexity index is 460. The van der Waals surface area contributed by atoms with Crippen LogP contribution in [0.25, 0.3) is 11.0 Å². The summed E-state index contributed by atoms with van der Waals surface area (Å²) in [5.41, 5.74) is 1.68. The van der Waals surface area contributed by atoms with Gasteiger partial charge in [-0.3, -0.25) is 0 Å². The van der Waals surface area contributed by atoms with Crippen molar-refractivity contribution in [3.63, 3.8) is 0 Å². The molecule has 0 saturated heterocycles. The van der Waals surface area contributed by atoms with Crippen LogP contribution in [0.1, 0.15) is 19.2 Å². The molecule has 1 aromatic heterocycles. The molecule has 0 aliphatic carbocycles. The van der Waals surface area contributed by atoms with Crippen LogP contribution in [0, 0.1) is 7.05 Å². The number of aromatic nitrogens is 2. The molecule has 1 heterocycles. The van der Waals surface area contributed by atoms with Gasteiger partial charge in [-0.1, -0.05) is 24.6 Å². The number of rotatable bonds is 2. The number of hydrogen-bond donors (Lipinski definition) is 0. The topological polar surface area (TPSA) is 17.8 Å². The van der Waals surface area contributed by atoms with Crippen molar-refractivity contribution in [3.05, 3.63) is 36.1 Å². The third-order valence-corrected chi connectivity index (χ3v) is 2.52. The molecule has 0 aliphatic rings. The van der Waals surface area contributed by atoms with E-state index in [0.717, 1.165) is 29.7 Å². The first-order chi connectivity index (χ1) is 6.74. The van der Waals surface area contributed by atoms with Crippen molar-refractivity contribution in [2.75, 3.05) is 0 Å². The summed E-state index contributed by atoms with van der Waals surface area (Å²) in [6.45, 7) is 2.10. The SMILES string of the molecule is [CH]n1c(CCC)nc2c(Cl)cccc21. The van der Waals surface area contributed by atoms with E-state index in [9.17, 15) is 0 Å². The van der Waals surface area contributed by atoms with Gasteiger partial charge in [-0.2, -0.15) is 0 Å². The standard InChI is InChI=1S/C11H11ClN2/c1-3-5-10-13-11-8(12)6-4-7-9(11)14(10)2/h2,4,6-7H,3,5H2,1H3. The first-order valence-electron chi connectivity index (χ1n) is 4.65. The Labute approximate surface area is 88.5 Å². The molecule has 0 amide bonds. The highest BCUT2D eigenvalue weighted by Crippen LogP contribution is 2.23. The first kappa shape index (κ1) is 9.53. The van der Waals surface area contributed by atoms with Crippen molar-refractivity contribution in [3.8, 4) is 0 Å². The molecule has 0 N–H and O–H groups in total. The zero-order valence-corrected chi connectivity index (χ0v) is 8.75. The van der Waals surface area contributed by atoms with E-state index in [2.05, 4.69) is 11.9 Å². The molecule has 0 unspecified atom stereocenters. The molecule has 72 valence electrons. The smallest absolute Gasteiger partial charge is 0.110 e. The summed E-state index contributed by atoms with van der Waals surface area (Å²) in [6.07, 6.45) is 1.90. The van der Waals surface area contributed by atoms with Crippen molar-refractivity contribution in [2.45, 2.75) is 19.8 Å². The Morgan fingerprint density at radius 2 is 2.29 bits per heavy atom. The zero-order valence-electron chi connectivity index (χ0n) is 8.00. The normalized spacial score (nSPS) is 11.1. The fraction of sp³-hybridized carbons (Fsp3) is 0.273. The van der Waals surface area contributed by atoms with E-state index in [0.29, 0.717) is 5.02 Å². The fourth-order valence-corrected chi connectivity index (χ4v) is 1.74. The van der Waals surface area contributed by atoms with Gasteiger partial charge >= 0.3 is 0 Å². The third-order valence-electron chi connectivity index (χ3n) is 2.22. The maximum absolute atomic E-state index is 6.01. The van der Waals surface area contributed by atoms with E-state index in [1.165, 1.54) is 0 Å². The van der Waals surface area contributed by atoms with Crippen LogP contribution in [0.2, 0.25) is 5.02 Å². The molecule has 0 saturated carbocycles. The number of hydrogen-bond acceptors (Lipinski definition) is 1. The largest absolute Gasteiger partial charge is 0.320 e. The lowest BCUT2D eigenvalue weighted by atomic mass is 10.3. The van der Waals surface area contributed by atoms with E-state index < -0.39 is 0 Å². The van der Waals surface area contributed by atoms with Gasteiger partial charge in [0, 0.05) is 6.42 Å². The van der Waals surface area contributed by atoms with E-state index in [1.807, 2.05) is 18.2 Å². The number of imidazole rings is 1. The van der Waals surface area contributed by atoms with Gasteiger partial charge in [0.2, 0.25) is 0 Å². The van der Waals surface area contributed by atoms with Crippen LogP contribution in [0.5, 0.6) is 0 Å². The highest BCUT2D eigenvalue weighted by Gasteiger charge is 2.08. The number of fused-ring (bicyclic) bond motifs is 1. The number of benzene rings is 1. The molecule has 1 aromatic carbocycles. The van der Waals surface area contributed by atoms with Gasteiger partial charge in [0.15, 0.2) is 0 Å². The minimum Gasteiger partial charge on any atom is -0.320 e. The summed E-state index contributed by atoms with van der Waals surface area (Å²) >= 11 is 6.01. The Morgan fingerprint density at radius 1 is 1.50 bits per heavy atom. The fourth-order valence-electron chi connectivity index (χ4n) is 1.53. The first-order valence-corrected chi connectivity index (χ1v) is 5.02. The predicted octanol–water partition coefficient (Wildman–Crippen LogP) is 3.16. The van der Waals surface area contributed by atoms with Gasteiger partial charge in [0.05, 0.1) is 17.6 Å². The summed E-state index contributed by atoms with van der Waals surface area (Å²) in [7, 11) is 5.89. The van der Waals surface area contributed by atoms with Crippen molar-refractivity contribution < 1.29 is 0 Å². The molecular formula is C11H11ClN2. The molecular weight excluding hydrogens is 196 g/mol. The number of nitrogens with zero attached hydrogens (tertiary/aromatic N) is 2. The molecule has 2 aromatic rings. The average Bonchev–Trinajstić information content (AvgIpc) is 2.48. The third kappa shape index (κ3) is 1.40. The maximum atomic E-state index is 6.01. The van der Waals surface area contributed by atoms with E-state index in [4.69, 9.17) is 18.6 Å². The number of aryl methyl sites for hydroxylation is 1. The second-order valence-electron chi connectivity index (χ2n) is 3.26. The van der Waals surface area contributed by atoms with Gasteiger partial charge in [-0.15, -0.1) is 0 Å². The molecule has 2 nitrogen and oxygen atoms in total. The lowest BCUT2D eigenvalue weighted by Gasteiger charge is -1.98. The lowest BCUT2D eigenvalue weighted by molar-refractivity contribution is 0.817. The molecule has 0 aliphatic heterocycles. The Hall–Kier alpha value is -1.02. The highest BCUT2D eigenvalue weighted by atomic mass is 35.5. The van der Waals surface area contributed by atoms with Gasteiger partial charge < -0.3 is 4.57 Å². The molecule has 0 bridgehead atoms. The molecule has 2 rings (SSSR count). The second kappa shape index (κ2) is 3.62. The predicted molar refractivity (Wildman–Crippen MR) is 58.4 cm³/mol. The molecule has 0 atom stereocenters. The van der Waals surface area contributed by atoms with Crippen LogP contribution in [-0.4, -0.2) is 9.55 Å². The van der Waals surface area contributed by atoms with Gasteiger partial charge in [-0.05, 0) is 18.6 Å². The quantitative estimate of drug-likeness (QED) is 0.738. The van der Waals surface area contributed by atoms with Crippen LogP contribution in [0.4, 0.5) is 0 Å². The van der Waals surface area contributed by atoms with E-state index in [-0.39, 0.29) is 0 Å². The van der Waals surface area contributed by atoms with Crippen LogP contribution in [-0.2, 0) is 6.42 Å². The number of para-hydroxylation sites is 1. The van der Waals surface area contributed by atoms with Crippen molar-refractivity contribution in [1.82, 2.24) is 9.55 Å². The summed E-state index contributed by atoms with van der Waals surface area (Å²) in [5.74, 6) is 0.885. The molecule has 14 heavy (non-hydrogen) atoms. The minimum absolute atomic E-state index is 0.657. The maximum Gasteiger partial charge on any atom is 0.110 e. The summed E-state index contributed by atoms with van der Waals surface area (Å²) in [6, 6.07) is 5.63. The number of halogens is 1. The second-order valence-corrected chi connectivity index (χ2v) is 3.66. The van der Waals surface area contributed by atoms with E-state index >= 15 is 0 Å². The summed E-state index contributed by atoms with van der Waals surface area (Å²) in [4.78, 5) is 4.41. The zero-order chi connectivity index (χ0) is 10.1. The molecule has 2 radical (unpaired) electrons. The minimum atomic E-state index is 0.657. The Kier molecular flexibility index (Phi) is 2.46. The van der Waals surface area contributed by atoms with Crippen molar-refractivity contribution in [2.24, 2.45) is 0 Å². The van der Waals surface area contributed by atoms with Crippen LogP contribution < -0.4 is 0 Å². The van der Waals surface area contributed by atoms with Crippen LogP contribution >= 0.6 is 11.6 Å². The summed E-state index contributed by atoms with van der Waals surface area (Å²) in [5, 5.41) is 0.657. The average molecular weight is 207 g/mol. The molecule has 0 spiro atoms. The highest BCUT2D eigenvalue weighted by molar-refractivity contribution is 6.34. The molecule has 0 fully saturated rings. The van der Waals surface area contributed by atoms with Gasteiger partial charge in [-0.25, -0.2) is 4.98 Å². The van der Waals surface area contributed by atoms with E-state index in [1.54, 1.807) is 4.57 Å². The molecule has 3 heteroatoms. The summed E-state index contributed by atoms with van der Waals surface area (Å²) < 4.78 is 1.62. The Balaban J connectivity index is 2.67. The van der Waals surface area contributed by atoms with Crippen LogP contribution in [0.3, 0.4) is 0 Å². The van der Waals surface area contributed by atoms with Gasteiger partial charge in [0.25, 0.3) is 0 Å².